The van der Waals surface area contributed by atoms with E-state index in [1.54, 1.807) is 0 Å². The molecule has 3 nitrogen and oxygen atoms in total. The first-order valence-corrected chi connectivity index (χ1v) is 6.76. The van der Waals surface area contributed by atoms with Crippen molar-refractivity contribution in [3.63, 3.8) is 0 Å². The third-order valence-corrected chi connectivity index (χ3v) is 3.39. The van der Waals surface area contributed by atoms with E-state index in [-0.39, 0.29) is 6.42 Å². The molecule has 1 rings (SSSR count). The van der Waals surface area contributed by atoms with Crippen molar-refractivity contribution >= 4 is 17.7 Å². The Morgan fingerprint density at radius 2 is 1.94 bits per heavy atom. The molecule has 0 unspecified atom stereocenters. The van der Waals surface area contributed by atoms with E-state index in [0.29, 0.717) is 0 Å². The molecule has 0 atom stereocenters. The number of hydrogen-bond donors (Lipinski definition) is 1. The Hall–Kier alpha value is -1.00. The number of carbonyl (C=O) groups is 1. The normalized spacial score (nSPS) is 10.8. The van der Waals surface area contributed by atoms with Crippen molar-refractivity contribution in [3.05, 3.63) is 35.4 Å². The molecule has 94 valence electrons. The SMILES string of the molecule is CN(C)CCSCc1ccccc1CC(=O)O. The van der Waals surface area contributed by atoms with Gasteiger partial charge in [0.15, 0.2) is 0 Å². The van der Waals surface area contributed by atoms with Crippen molar-refractivity contribution in [3.8, 4) is 0 Å². The average Bonchev–Trinajstić information content (AvgIpc) is 2.25. The minimum Gasteiger partial charge on any atom is -0.481 e. The summed E-state index contributed by atoms with van der Waals surface area (Å²) in [6.45, 7) is 1.05. The molecule has 0 amide bonds. The number of thioether (sulfide) groups is 1. The summed E-state index contributed by atoms with van der Waals surface area (Å²) < 4.78 is 0. The molecule has 17 heavy (non-hydrogen) atoms. The van der Waals surface area contributed by atoms with Crippen LogP contribution in [0.3, 0.4) is 0 Å². The van der Waals surface area contributed by atoms with Gasteiger partial charge in [0.1, 0.15) is 0 Å². The fraction of sp³-hybridized carbons (Fsp3) is 0.462. The lowest BCUT2D eigenvalue weighted by molar-refractivity contribution is -0.136. The lowest BCUT2D eigenvalue weighted by Gasteiger charge is -2.10. The van der Waals surface area contributed by atoms with Crippen molar-refractivity contribution in [2.75, 3.05) is 26.4 Å². The van der Waals surface area contributed by atoms with Gasteiger partial charge in [-0.05, 0) is 25.2 Å². The molecular weight excluding hydrogens is 234 g/mol. The number of hydrogen-bond acceptors (Lipinski definition) is 3. The lowest BCUT2D eigenvalue weighted by Crippen LogP contribution is -2.14. The monoisotopic (exact) mass is 253 g/mol. The van der Waals surface area contributed by atoms with Crippen LogP contribution in [0.5, 0.6) is 0 Å². The molecule has 1 aromatic rings. The maximum atomic E-state index is 10.7. The van der Waals surface area contributed by atoms with Crippen LogP contribution in [0.4, 0.5) is 0 Å². The predicted octanol–water partition coefficient (Wildman–Crippen LogP) is 2.11. The third kappa shape index (κ3) is 5.75. The first kappa shape index (κ1) is 14.1. The molecule has 0 aliphatic rings. The van der Waals surface area contributed by atoms with Gasteiger partial charge in [-0.25, -0.2) is 0 Å². The fourth-order valence-corrected chi connectivity index (χ4v) is 2.60. The molecule has 0 radical (unpaired) electrons. The number of carboxylic acid groups (broad SMARTS) is 1. The van der Waals surface area contributed by atoms with Gasteiger partial charge in [-0.2, -0.15) is 11.8 Å². The number of rotatable bonds is 7. The van der Waals surface area contributed by atoms with E-state index in [0.717, 1.165) is 29.2 Å². The van der Waals surface area contributed by atoms with Gasteiger partial charge in [0, 0.05) is 18.1 Å². The zero-order valence-corrected chi connectivity index (χ0v) is 11.2. The Balaban J connectivity index is 2.49. The van der Waals surface area contributed by atoms with E-state index in [9.17, 15) is 4.79 Å². The van der Waals surface area contributed by atoms with Crippen LogP contribution in [-0.2, 0) is 17.0 Å². The second kappa shape index (κ2) is 7.35. The predicted molar refractivity (Wildman–Crippen MR) is 72.5 cm³/mol. The summed E-state index contributed by atoms with van der Waals surface area (Å²) in [5.41, 5.74) is 2.07. The summed E-state index contributed by atoms with van der Waals surface area (Å²) in [6, 6.07) is 7.77. The molecule has 0 aliphatic carbocycles. The van der Waals surface area contributed by atoms with Gasteiger partial charge in [0.25, 0.3) is 0 Å². The molecule has 0 saturated carbocycles. The van der Waals surface area contributed by atoms with Crippen LogP contribution >= 0.6 is 11.8 Å². The lowest BCUT2D eigenvalue weighted by atomic mass is 10.1. The van der Waals surface area contributed by atoms with E-state index >= 15 is 0 Å². The number of nitrogens with zero attached hydrogens (tertiary/aromatic N) is 1. The Bertz CT molecular complexity index is 366. The smallest absolute Gasteiger partial charge is 0.307 e. The zero-order valence-electron chi connectivity index (χ0n) is 10.3. The van der Waals surface area contributed by atoms with Gasteiger partial charge in [0.2, 0.25) is 0 Å². The Morgan fingerprint density at radius 3 is 2.53 bits per heavy atom. The van der Waals surface area contributed by atoms with Crippen molar-refractivity contribution in [2.45, 2.75) is 12.2 Å². The minimum atomic E-state index is -0.768. The van der Waals surface area contributed by atoms with Gasteiger partial charge in [-0.15, -0.1) is 0 Å². The van der Waals surface area contributed by atoms with Crippen LogP contribution in [0.25, 0.3) is 0 Å². The van der Waals surface area contributed by atoms with E-state index < -0.39 is 5.97 Å². The zero-order chi connectivity index (χ0) is 12.7. The number of benzene rings is 1. The highest BCUT2D eigenvalue weighted by Gasteiger charge is 2.06. The molecule has 0 aliphatic heterocycles. The Morgan fingerprint density at radius 1 is 1.29 bits per heavy atom. The standard InChI is InChI=1S/C13H19NO2S/c1-14(2)7-8-17-10-12-6-4-3-5-11(12)9-13(15)16/h3-6H,7-10H2,1-2H3,(H,15,16). The van der Waals surface area contributed by atoms with Crippen LogP contribution in [0, 0.1) is 0 Å². The highest BCUT2D eigenvalue weighted by molar-refractivity contribution is 7.98. The molecule has 1 N–H and O–H groups in total. The topological polar surface area (TPSA) is 40.5 Å². The van der Waals surface area contributed by atoms with Gasteiger partial charge in [-0.1, -0.05) is 24.3 Å². The maximum Gasteiger partial charge on any atom is 0.307 e. The molecule has 1 aromatic carbocycles. The van der Waals surface area contributed by atoms with Crippen LogP contribution in [-0.4, -0.2) is 42.4 Å². The summed E-state index contributed by atoms with van der Waals surface area (Å²) >= 11 is 1.84. The molecule has 0 heterocycles. The highest BCUT2D eigenvalue weighted by Crippen LogP contribution is 2.17. The largest absolute Gasteiger partial charge is 0.481 e. The highest BCUT2D eigenvalue weighted by atomic mass is 32.2. The van der Waals surface area contributed by atoms with Crippen LogP contribution in [0.2, 0.25) is 0 Å². The second-order valence-corrected chi connectivity index (χ2v) is 5.30. The van der Waals surface area contributed by atoms with Crippen molar-refractivity contribution in [1.29, 1.82) is 0 Å². The summed E-state index contributed by atoms with van der Waals surface area (Å²) in [5.74, 6) is 1.18. The minimum absolute atomic E-state index is 0.115. The van der Waals surface area contributed by atoms with E-state index in [4.69, 9.17) is 5.11 Å². The fourth-order valence-electron chi connectivity index (χ4n) is 1.46. The quantitative estimate of drug-likeness (QED) is 0.756. The van der Waals surface area contributed by atoms with E-state index in [2.05, 4.69) is 19.0 Å². The summed E-state index contributed by atoms with van der Waals surface area (Å²) in [5, 5.41) is 8.82. The molecule has 0 aromatic heterocycles. The van der Waals surface area contributed by atoms with Crippen LogP contribution in [0.15, 0.2) is 24.3 Å². The average molecular weight is 253 g/mol. The van der Waals surface area contributed by atoms with Crippen molar-refractivity contribution in [1.82, 2.24) is 4.90 Å². The van der Waals surface area contributed by atoms with Crippen molar-refractivity contribution < 1.29 is 9.90 Å². The van der Waals surface area contributed by atoms with Crippen LogP contribution in [0.1, 0.15) is 11.1 Å². The molecule has 0 spiro atoms. The van der Waals surface area contributed by atoms with Gasteiger partial charge < -0.3 is 10.0 Å². The van der Waals surface area contributed by atoms with Gasteiger partial charge in [0.05, 0.1) is 6.42 Å². The maximum absolute atomic E-state index is 10.7. The molecular formula is C13H19NO2S. The third-order valence-electron chi connectivity index (χ3n) is 2.40. The molecule has 0 fully saturated rings. The van der Waals surface area contributed by atoms with Crippen molar-refractivity contribution in [2.24, 2.45) is 0 Å². The number of carboxylic acids is 1. The second-order valence-electron chi connectivity index (χ2n) is 4.20. The van der Waals surface area contributed by atoms with E-state index in [1.165, 1.54) is 0 Å². The summed E-state index contributed by atoms with van der Waals surface area (Å²) in [7, 11) is 4.11. The van der Waals surface area contributed by atoms with Gasteiger partial charge >= 0.3 is 5.97 Å². The molecule has 0 saturated heterocycles. The Labute approximate surface area is 107 Å². The molecule has 4 heteroatoms. The Kier molecular flexibility index (Phi) is 6.08. The summed E-state index contributed by atoms with van der Waals surface area (Å²) in [6.07, 6.45) is 0.115. The first-order chi connectivity index (χ1) is 8.09. The van der Waals surface area contributed by atoms with Gasteiger partial charge in [-0.3, -0.25) is 4.79 Å². The number of aliphatic carboxylic acids is 1. The van der Waals surface area contributed by atoms with E-state index in [1.807, 2.05) is 36.0 Å². The molecule has 0 bridgehead atoms. The first-order valence-electron chi connectivity index (χ1n) is 5.60. The summed E-state index contributed by atoms with van der Waals surface area (Å²) in [4.78, 5) is 12.9. The van der Waals surface area contributed by atoms with Crippen LogP contribution < -0.4 is 0 Å².